The van der Waals surface area contributed by atoms with Crippen molar-refractivity contribution in [3.63, 3.8) is 0 Å². The van der Waals surface area contributed by atoms with Gasteiger partial charge < -0.3 is 14.2 Å². The van der Waals surface area contributed by atoms with Gasteiger partial charge in [-0.2, -0.15) is 0 Å². The van der Waals surface area contributed by atoms with Gasteiger partial charge in [0, 0.05) is 32.6 Å². The van der Waals surface area contributed by atoms with Crippen molar-refractivity contribution in [1.29, 1.82) is 0 Å². The molecule has 234 valence electrons. The van der Waals surface area contributed by atoms with E-state index in [0.29, 0.717) is 18.3 Å². The quantitative estimate of drug-likeness (QED) is 0.124. The fraction of sp³-hybridized carbons (Fsp3) is 0.694. The van der Waals surface area contributed by atoms with E-state index >= 15 is 0 Å². The normalized spacial score (nSPS) is 34.1. The van der Waals surface area contributed by atoms with Crippen molar-refractivity contribution >= 4 is 17.9 Å². The van der Waals surface area contributed by atoms with E-state index in [9.17, 15) is 14.4 Å². The fourth-order valence-electron chi connectivity index (χ4n) is 8.91. The molecule has 3 aliphatic rings. The fourth-order valence-corrected chi connectivity index (χ4v) is 8.91. The SMILES string of the molecule is CC(=O)O[C@H]1C[C@H]2[C@@]3(C)CC[C@H](OC(C)=O)C(C)(C)[C@@H]3CC[C@]2(C)/C1=C(C)/C=C/C=C(\C)[C@H](CC=C(C)C)OC(C)=O. The Balaban J connectivity index is 1.97. The lowest BCUT2D eigenvalue weighted by Crippen LogP contribution is -2.58. The van der Waals surface area contributed by atoms with Gasteiger partial charge >= 0.3 is 17.9 Å². The molecule has 6 heteroatoms. The number of esters is 3. The van der Waals surface area contributed by atoms with Crippen LogP contribution in [-0.4, -0.2) is 36.2 Å². The van der Waals surface area contributed by atoms with Gasteiger partial charge in [-0.15, -0.1) is 0 Å². The third-order valence-electron chi connectivity index (χ3n) is 10.7. The molecule has 0 amide bonds. The number of rotatable bonds is 8. The van der Waals surface area contributed by atoms with E-state index in [2.05, 4.69) is 46.8 Å². The van der Waals surface area contributed by atoms with Crippen LogP contribution < -0.4 is 0 Å². The average Bonchev–Trinajstić information content (AvgIpc) is 3.15. The van der Waals surface area contributed by atoms with Crippen LogP contribution >= 0.6 is 0 Å². The predicted octanol–water partition coefficient (Wildman–Crippen LogP) is 8.22. The molecule has 0 unspecified atom stereocenters. The lowest BCUT2D eigenvalue weighted by atomic mass is 9.43. The number of hydrogen-bond donors (Lipinski definition) is 0. The zero-order valence-electron chi connectivity index (χ0n) is 27.9. The molecule has 0 heterocycles. The Hall–Kier alpha value is -2.63. The summed E-state index contributed by atoms with van der Waals surface area (Å²) in [6.45, 7) is 22.0. The van der Waals surface area contributed by atoms with Gasteiger partial charge in [-0.3, -0.25) is 14.4 Å². The first kappa shape index (κ1) is 33.9. The van der Waals surface area contributed by atoms with Crippen LogP contribution in [0.15, 0.2) is 46.6 Å². The van der Waals surface area contributed by atoms with Crippen molar-refractivity contribution in [3.8, 4) is 0 Å². The van der Waals surface area contributed by atoms with Crippen LogP contribution in [0.25, 0.3) is 0 Å². The van der Waals surface area contributed by atoms with Gasteiger partial charge in [0.1, 0.15) is 18.3 Å². The molecule has 3 rings (SSSR count). The first-order chi connectivity index (χ1) is 19.4. The highest BCUT2D eigenvalue weighted by molar-refractivity contribution is 5.67. The molecule has 3 saturated carbocycles. The maximum Gasteiger partial charge on any atom is 0.303 e. The lowest BCUT2D eigenvalue weighted by Gasteiger charge is -2.62. The topological polar surface area (TPSA) is 78.9 Å². The predicted molar refractivity (Wildman–Crippen MR) is 166 cm³/mol. The third kappa shape index (κ3) is 6.94. The molecule has 0 N–H and O–H groups in total. The summed E-state index contributed by atoms with van der Waals surface area (Å²) in [6.07, 6.45) is 12.9. The van der Waals surface area contributed by atoms with Gasteiger partial charge in [-0.1, -0.05) is 57.6 Å². The van der Waals surface area contributed by atoms with Crippen LogP contribution in [0.5, 0.6) is 0 Å². The van der Waals surface area contributed by atoms with Crippen molar-refractivity contribution in [2.75, 3.05) is 0 Å². The Labute approximate surface area is 254 Å². The molecule has 0 spiro atoms. The monoisotopic (exact) mass is 582 g/mol. The van der Waals surface area contributed by atoms with Crippen molar-refractivity contribution in [3.05, 3.63) is 46.6 Å². The Bertz CT molecular complexity index is 1180. The molecule has 7 atom stereocenters. The molecule has 0 aliphatic heterocycles. The molecular weight excluding hydrogens is 528 g/mol. The molecule has 0 radical (unpaired) electrons. The van der Waals surface area contributed by atoms with E-state index in [0.717, 1.165) is 43.3 Å². The first-order valence-corrected chi connectivity index (χ1v) is 15.6. The van der Waals surface area contributed by atoms with Crippen molar-refractivity contribution in [2.45, 2.75) is 133 Å². The summed E-state index contributed by atoms with van der Waals surface area (Å²) in [6, 6.07) is 0. The Morgan fingerprint density at radius 1 is 0.857 bits per heavy atom. The molecule has 0 aromatic rings. The smallest absolute Gasteiger partial charge is 0.303 e. The third-order valence-corrected chi connectivity index (χ3v) is 10.7. The van der Waals surface area contributed by atoms with Gasteiger partial charge in [-0.05, 0) is 99.2 Å². The largest absolute Gasteiger partial charge is 0.462 e. The van der Waals surface area contributed by atoms with Gasteiger partial charge in [0.25, 0.3) is 0 Å². The van der Waals surface area contributed by atoms with E-state index in [1.165, 1.54) is 31.9 Å². The van der Waals surface area contributed by atoms with Crippen molar-refractivity contribution < 1.29 is 28.6 Å². The minimum atomic E-state index is -0.308. The van der Waals surface area contributed by atoms with E-state index in [1.54, 1.807) is 0 Å². The van der Waals surface area contributed by atoms with Gasteiger partial charge in [0.2, 0.25) is 0 Å². The molecule has 0 saturated heterocycles. The first-order valence-electron chi connectivity index (χ1n) is 15.6. The highest BCUT2D eigenvalue weighted by Gasteiger charge is 2.65. The van der Waals surface area contributed by atoms with E-state index < -0.39 is 0 Å². The summed E-state index contributed by atoms with van der Waals surface area (Å²) in [5.74, 6) is -0.00402. The number of carbonyl (C=O) groups is 3. The Morgan fingerprint density at radius 2 is 1.50 bits per heavy atom. The lowest BCUT2D eigenvalue weighted by molar-refractivity contribution is -0.185. The van der Waals surface area contributed by atoms with Crippen molar-refractivity contribution in [1.82, 2.24) is 0 Å². The summed E-state index contributed by atoms with van der Waals surface area (Å²) in [4.78, 5) is 35.9. The number of carbonyl (C=O) groups excluding carboxylic acids is 3. The Kier molecular flexibility index (Phi) is 10.4. The maximum atomic E-state index is 12.3. The minimum absolute atomic E-state index is 0.0377. The number of allylic oxidation sites excluding steroid dienone is 5. The highest BCUT2D eigenvalue weighted by Crippen LogP contribution is 2.70. The summed E-state index contributed by atoms with van der Waals surface area (Å²) >= 11 is 0. The van der Waals surface area contributed by atoms with Crippen LogP contribution in [0, 0.1) is 28.1 Å². The van der Waals surface area contributed by atoms with Gasteiger partial charge in [0.15, 0.2) is 0 Å². The molecule has 0 bridgehead atoms. The zero-order chi connectivity index (χ0) is 31.6. The minimum Gasteiger partial charge on any atom is -0.462 e. The highest BCUT2D eigenvalue weighted by atomic mass is 16.6. The number of ether oxygens (including phenoxy) is 3. The second-order valence-electron chi connectivity index (χ2n) is 14.3. The molecule has 0 aromatic carbocycles. The van der Waals surface area contributed by atoms with Gasteiger partial charge in [0.05, 0.1) is 0 Å². The molecule has 3 aliphatic carbocycles. The summed E-state index contributed by atoms with van der Waals surface area (Å²) in [5, 5.41) is 0. The zero-order valence-corrected chi connectivity index (χ0v) is 27.9. The van der Waals surface area contributed by atoms with Gasteiger partial charge in [-0.25, -0.2) is 0 Å². The summed E-state index contributed by atoms with van der Waals surface area (Å²) in [5.41, 5.74) is 4.31. The second kappa shape index (κ2) is 12.9. The van der Waals surface area contributed by atoms with Crippen LogP contribution in [-0.2, 0) is 28.6 Å². The van der Waals surface area contributed by atoms with Crippen LogP contribution in [0.3, 0.4) is 0 Å². The molecule has 6 nitrogen and oxygen atoms in total. The Morgan fingerprint density at radius 3 is 2.07 bits per heavy atom. The number of fused-ring (bicyclic) bond motifs is 3. The standard InChI is InChI=1S/C36H54O6/c1-22(2)15-16-28(40-25(5)37)23(3)13-12-14-24(4)33-29(41-26(6)38)21-31-35(10)20-18-32(42-27(7)39)34(8,9)30(35)17-19-36(31,33)11/h12-15,28-32H,16-21H2,1-11H3/b14-12+,23-13+,33-24+/t28-,29-,30-,31-,32-,35-,36-/m0/s1. The van der Waals surface area contributed by atoms with Crippen molar-refractivity contribution in [2.24, 2.45) is 28.1 Å². The van der Waals surface area contributed by atoms with E-state index in [1.807, 2.05) is 32.9 Å². The summed E-state index contributed by atoms with van der Waals surface area (Å²) in [7, 11) is 0. The van der Waals surface area contributed by atoms with Crippen LogP contribution in [0.4, 0.5) is 0 Å². The molecule has 42 heavy (non-hydrogen) atoms. The maximum absolute atomic E-state index is 12.3. The average molecular weight is 583 g/mol. The molecule has 0 aromatic heterocycles. The van der Waals surface area contributed by atoms with E-state index in [4.69, 9.17) is 14.2 Å². The molecule has 3 fully saturated rings. The summed E-state index contributed by atoms with van der Waals surface area (Å²) < 4.78 is 17.5. The van der Waals surface area contributed by atoms with Crippen LogP contribution in [0.1, 0.15) is 115 Å². The van der Waals surface area contributed by atoms with Crippen LogP contribution in [0.2, 0.25) is 0 Å². The molecular formula is C36H54O6. The second-order valence-corrected chi connectivity index (χ2v) is 14.3. The van der Waals surface area contributed by atoms with E-state index in [-0.39, 0.29) is 52.5 Å². The number of hydrogen-bond acceptors (Lipinski definition) is 6.